The maximum Gasteiger partial charge on any atom is 0.313 e. The molecule has 4 aromatic rings. The first-order valence-corrected chi connectivity index (χ1v) is 10.5. The van der Waals surface area contributed by atoms with E-state index in [0.29, 0.717) is 13.0 Å². The van der Waals surface area contributed by atoms with E-state index >= 15 is 0 Å². The fourth-order valence-electron chi connectivity index (χ4n) is 3.64. The summed E-state index contributed by atoms with van der Waals surface area (Å²) in [4.78, 5) is 27.9. The Balaban J connectivity index is 1.79. The van der Waals surface area contributed by atoms with Gasteiger partial charge in [0, 0.05) is 35.5 Å². The largest absolute Gasteiger partial charge is 0.466 e. The van der Waals surface area contributed by atoms with Crippen LogP contribution in [0, 0.1) is 0 Å². The van der Waals surface area contributed by atoms with Gasteiger partial charge in [0.05, 0.1) is 12.5 Å². The van der Waals surface area contributed by atoms with Crippen molar-refractivity contribution in [2.24, 2.45) is 0 Å². The number of hydrogen-bond acceptors (Lipinski definition) is 6. The van der Waals surface area contributed by atoms with Crippen LogP contribution in [0.15, 0.2) is 97.7 Å². The smallest absolute Gasteiger partial charge is 0.313 e. The normalized spacial score (nSPS) is 11.5. The lowest BCUT2D eigenvalue weighted by atomic mass is 9.93. The number of rotatable bonds is 8. The third kappa shape index (κ3) is 4.81. The first kappa shape index (κ1) is 21.2. The van der Waals surface area contributed by atoms with E-state index in [1.54, 1.807) is 18.6 Å². The van der Waals surface area contributed by atoms with E-state index in [1.807, 2.05) is 79.7 Å². The highest BCUT2D eigenvalue weighted by molar-refractivity contribution is 5.80. The van der Waals surface area contributed by atoms with E-state index < -0.39 is 5.92 Å². The monoisotopic (exact) mass is 424 g/mol. The Morgan fingerprint density at radius 1 is 0.906 bits per heavy atom. The lowest BCUT2D eigenvalue weighted by molar-refractivity contribution is -0.144. The van der Waals surface area contributed by atoms with Crippen LogP contribution in [0.4, 0.5) is 17.2 Å². The van der Waals surface area contributed by atoms with Crippen LogP contribution < -0.4 is 4.90 Å². The molecule has 6 heteroatoms. The van der Waals surface area contributed by atoms with Gasteiger partial charge >= 0.3 is 5.97 Å². The van der Waals surface area contributed by atoms with Crippen LogP contribution >= 0.6 is 0 Å². The number of benzene rings is 2. The fourth-order valence-corrected chi connectivity index (χ4v) is 3.64. The number of aromatic nitrogens is 3. The van der Waals surface area contributed by atoms with Gasteiger partial charge in [0.1, 0.15) is 12.1 Å². The Morgan fingerprint density at radius 2 is 1.53 bits per heavy atom. The SMILES string of the molecule is CCOC(=O)C(Cc1cncnc1N(c1ccccc1)c1ccccc1)c1ccncc1. The standard InChI is InChI=1S/C26H24N4O2/c1-2-32-26(31)24(20-13-15-27-16-14-20)17-21-18-28-19-29-25(21)30(22-9-5-3-6-10-22)23-11-7-4-8-12-23/h3-16,18-19,24H,2,17H2,1H3. The second-order valence-electron chi connectivity index (χ2n) is 7.17. The molecule has 4 rings (SSSR count). The van der Waals surface area contributed by atoms with Crippen molar-refractivity contribution in [2.75, 3.05) is 11.5 Å². The van der Waals surface area contributed by atoms with Crippen LogP contribution in [0.5, 0.6) is 0 Å². The molecule has 6 nitrogen and oxygen atoms in total. The molecule has 1 unspecified atom stereocenters. The fraction of sp³-hybridized carbons (Fsp3) is 0.154. The summed E-state index contributed by atoms with van der Waals surface area (Å²) in [7, 11) is 0. The molecular formula is C26H24N4O2. The summed E-state index contributed by atoms with van der Waals surface area (Å²) in [6.07, 6.45) is 7.07. The number of anilines is 3. The average Bonchev–Trinajstić information content (AvgIpc) is 2.85. The van der Waals surface area contributed by atoms with Crippen molar-refractivity contribution in [2.45, 2.75) is 19.3 Å². The van der Waals surface area contributed by atoms with Gasteiger partial charge in [0.2, 0.25) is 0 Å². The second-order valence-corrected chi connectivity index (χ2v) is 7.17. The highest BCUT2D eigenvalue weighted by Gasteiger charge is 2.26. The zero-order chi connectivity index (χ0) is 22.2. The quantitative estimate of drug-likeness (QED) is 0.361. The van der Waals surface area contributed by atoms with Crippen molar-refractivity contribution < 1.29 is 9.53 Å². The average molecular weight is 425 g/mol. The van der Waals surface area contributed by atoms with Crippen molar-refractivity contribution in [1.82, 2.24) is 15.0 Å². The number of ether oxygens (including phenoxy) is 1. The molecule has 0 aliphatic heterocycles. The molecule has 2 aromatic heterocycles. The first-order valence-electron chi connectivity index (χ1n) is 10.5. The summed E-state index contributed by atoms with van der Waals surface area (Å²) >= 11 is 0. The lowest BCUT2D eigenvalue weighted by Gasteiger charge is -2.27. The Hall–Kier alpha value is -4.06. The van der Waals surface area contributed by atoms with Gasteiger partial charge in [-0.3, -0.25) is 14.7 Å². The van der Waals surface area contributed by atoms with Gasteiger partial charge in [-0.05, 0) is 55.3 Å². The molecular weight excluding hydrogens is 400 g/mol. The topological polar surface area (TPSA) is 68.2 Å². The molecule has 0 amide bonds. The summed E-state index contributed by atoms with van der Waals surface area (Å²) in [5, 5.41) is 0. The third-order valence-electron chi connectivity index (χ3n) is 5.11. The highest BCUT2D eigenvalue weighted by Crippen LogP contribution is 2.36. The predicted molar refractivity (Wildman–Crippen MR) is 124 cm³/mol. The summed E-state index contributed by atoms with van der Waals surface area (Å²) in [5.74, 6) is -0.0451. The van der Waals surface area contributed by atoms with Crippen molar-refractivity contribution >= 4 is 23.2 Å². The van der Waals surface area contributed by atoms with E-state index in [0.717, 1.165) is 28.3 Å². The second kappa shape index (κ2) is 10.3. The number of para-hydroxylation sites is 2. The molecule has 0 radical (unpaired) electrons. The van der Waals surface area contributed by atoms with Crippen LogP contribution in [0.2, 0.25) is 0 Å². The highest BCUT2D eigenvalue weighted by atomic mass is 16.5. The van der Waals surface area contributed by atoms with E-state index in [1.165, 1.54) is 6.33 Å². The minimum Gasteiger partial charge on any atom is -0.466 e. The Morgan fingerprint density at radius 3 is 2.12 bits per heavy atom. The van der Waals surface area contributed by atoms with Gasteiger partial charge < -0.3 is 4.74 Å². The molecule has 160 valence electrons. The number of carbonyl (C=O) groups is 1. The lowest BCUT2D eigenvalue weighted by Crippen LogP contribution is -2.21. The van der Waals surface area contributed by atoms with Crippen LogP contribution in [0.1, 0.15) is 24.0 Å². The Labute approximate surface area is 187 Å². The first-order chi connectivity index (χ1) is 15.8. The summed E-state index contributed by atoms with van der Waals surface area (Å²) < 4.78 is 5.39. The molecule has 0 N–H and O–H groups in total. The molecule has 0 bridgehead atoms. The Kier molecular flexibility index (Phi) is 6.82. The molecule has 2 heterocycles. The summed E-state index contributed by atoms with van der Waals surface area (Å²) in [6, 6.07) is 23.7. The van der Waals surface area contributed by atoms with E-state index in [9.17, 15) is 4.79 Å². The van der Waals surface area contributed by atoms with Crippen molar-refractivity contribution in [1.29, 1.82) is 0 Å². The van der Waals surface area contributed by atoms with Crippen LogP contribution in [0.3, 0.4) is 0 Å². The molecule has 32 heavy (non-hydrogen) atoms. The zero-order valence-electron chi connectivity index (χ0n) is 17.8. The van der Waals surface area contributed by atoms with Gasteiger partial charge in [0.15, 0.2) is 0 Å². The number of carbonyl (C=O) groups excluding carboxylic acids is 1. The molecule has 1 atom stereocenters. The van der Waals surface area contributed by atoms with Gasteiger partial charge in [-0.25, -0.2) is 9.97 Å². The minimum absolute atomic E-state index is 0.278. The molecule has 0 aliphatic rings. The number of esters is 1. The van der Waals surface area contributed by atoms with Gasteiger partial charge in [-0.2, -0.15) is 0 Å². The van der Waals surface area contributed by atoms with Crippen LogP contribution in [-0.2, 0) is 16.0 Å². The maximum atomic E-state index is 12.9. The molecule has 0 saturated heterocycles. The number of hydrogen-bond donors (Lipinski definition) is 0. The number of nitrogens with zero attached hydrogens (tertiary/aromatic N) is 4. The summed E-state index contributed by atoms with van der Waals surface area (Å²) in [5.41, 5.74) is 3.62. The zero-order valence-corrected chi connectivity index (χ0v) is 17.8. The van der Waals surface area contributed by atoms with Crippen molar-refractivity contribution in [3.8, 4) is 0 Å². The maximum absolute atomic E-state index is 12.9. The predicted octanol–water partition coefficient (Wildman–Crippen LogP) is 5.23. The third-order valence-corrected chi connectivity index (χ3v) is 5.11. The Bertz CT molecular complexity index is 1100. The molecule has 0 fully saturated rings. The van der Waals surface area contributed by atoms with Crippen LogP contribution in [0.25, 0.3) is 0 Å². The van der Waals surface area contributed by atoms with Crippen molar-refractivity contribution in [3.63, 3.8) is 0 Å². The van der Waals surface area contributed by atoms with E-state index in [4.69, 9.17) is 4.74 Å². The molecule has 0 aliphatic carbocycles. The molecule has 0 saturated carbocycles. The van der Waals surface area contributed by atoms with Crippen molar-refractivity contribution in [3.05, 3.63) is 109 Å². The van der Waals surface area contributed by atoms with Gasteiger partial charge in [-0.1, -0.05) is 36.4 Å². The van der Waals surface area contributed by atoms with Crippen LogP contribution in [-0.4, -0.2) is 27.5 Å². The van der Waals surface area contributed by atoms with E-state index in [-0.39, 0.29) is 5.97 Å². The molecule has 0 spiro atoms. The molecule has 2 aromatic carbocycles. The van der Waals surface area contributed by atoms with Gasteiger partial charge in [-0.15, -0.1) is 0 Å². The summed E-state index contributed by atoms with van der Waals surface area (Å²) in [6.45, 7) is 2.13. The minimum atomic E-state index is -0.490. The number of pyridine rings is 1. The van der Waals surface area contributed by atoms with E-state index in [2.05, 4.69) is 19.9 Å². The van der Waals surface area contributed by atoms with Gasteiger partial charge in [0.25, 0.3) is 0 Å².